The lowest BCUT2D eigenvalue weighted by atomic mass is 10.1. The number of benzene rings is 2. The lowest BCUT2D eigenvalue weighted by molar-refractivity contribution is 0.194. The summed E-state index contributed by atoms with van der Waals surface area (Å²) < 4.78 is 1.67. The van der Waals surface area contributed by atoms with Crippen LogP contribution in [0.25, 0.3) is 5.69 Å². The Morgan fingerprint density at radius 2 is 1.91 bits per heavy atom. The topological polar surface area (TPSA) is 86.5 Å². The standard InChI is InChI=1S/C22H24Cl2N6O2/c1-15-26-14-30(27-15)20-6-5-18(11-17(20)13-31)28-7-9-29(10-8-28)22(32)25-12-16-3-2-4-19(23)21(16)24/h2-6,11,14,31H,7-10,12-13H2,1H3,(H,25,32). The van der Waals surface area contributed by atoms with E-state index in [0.29, 0.717) is 48.6 Å². The monoisotopic (exact) mass is 474 g/mol. The van der Waals surface area contributed by atoms with Crippen molar-refractivity contribution < 1.29 is 9.90 Å². The summed E-state index contributed by atoms with van der Waals surface area (Å²) in [7, 11) is 0. The molecule has 2 N–H and O–H groups in total. The maximum atomic E-state index is 12.6. The maximum absolute atomic E-state index is 12.6. The number of piperazine rings is 1. The van der Waals surface area contributed by atoms with E-state index in [1.165, 1.54) is 0 Å². The van der Waals surface area contributed by atoms with Crippen LogP contribution in [0.3, 0.4) is 0 Å². The molecule has 0 atom stereocenters. The van der Waals surface area contributed by atoms with Gasteiger partial charge in [0.2, 0.25) is 0 Å². The average molecular weight is 475 g/mol. The molecule has 8 nitrogen and oxygen atoms in total. The Kier molecular flexibility index (Phi) is 6.83. The van der Waals surface area contributed by atoms with Crippen LogP contribution >= 0.6 is 23.2 Å². The SMILES string of the molecule is Cc1ncn(-c2ccc(N3CCN(C(=O)NCc4cccc(Cl)c4Cl)CC3)cc2CO)n1. The second-order valence-electron chi connectivity index (χ2n) is 7.55. The highest BCUT2D eigenvalue weighted by Crippen LogP contribution is 2.26. The second kappa shape index (κ2) is 9.77. The normalized spacial score (nSPS) is 14.0. The fourth-order valence-corrected chi connectivity index (χ4v) is 4.10. The van der Waals surface area contributed by atoms with Crippen LogP contribution < -0.4 is 10.2 Å². The largest absolute Gasteiger partial charge is 0.392 e. The molecule has 2 aromatic carbocycles. The lowest BCUT2D eigenvalue weighted by Crippen LogP contribution is -2.51. The Bertz CT molecular complexity index is 1110. The Labute approximate surface area is 196 Å². The molecular formula is C22H24Cl2N6O2. The summed E-state index contributed by atoms with van der Waals surface area (Å²) in [4.78, 5) is 20.7. The van der Waals surface area contributed by atoms with Crippen LogP contribution in [0, 0.1) is 6.92 Å². The molecule has 10 heteroatoms. The molecule has 0 spiro atoms. The highest BCUT2D eigenvalue weighted by atomic mass is 35.5. The number of aryl methyl sites for hydroxylation is 1. The zero-order valence-corrected chi connectivity index (χ0v) is 19.1. The molecule has 0 radical (unpaired) electrons. The number of aromatic nitrogens is 3. The first-order valence-corrected chi connectivity index (χ1v) is 11.0. The third-order valence-corrected chi connectivity index (χ3v) is 6.34. The van der Waals surface area contributed by atoms with Gasteiger partial charge in [-0.15, -0.1) is 0 Å². The van der Waals surface area contributed by atoms with Crippen molar-refractivity contribution in [2.75, 3.05) is 31.1 Å². The Morgan fingerprint density at radius 1 is 1.12 bits per heavy atom. The van der Waals surface area contributed by atoms with Crippen LogP contribution in [0.5, 0.6) is 0 Å². The first-order chi connectivity index (χ1) is 15.5. The molecule has 1 aliphatic heterocycles. The number of hydrogen-bond acceptors (Lipinski definition) is 5. The minimum Gasteiger partial charge on any atom is -0.392 e. The van der Waals surface area contributed by atoms with Crippen molar-refractivity contribution >= 4 is 34.9 Å². The number of carbonyl (C=O) groups excluding carboxylic acids is 1. The number of anilines is 1. The van der Waals surface area contributed by atoms with E-state index in [9.17, 15) is 9.90 Å². The molecule has 0 saturated carbocycles. The number of rotatable bonds is 5. The fraction of sp³-hybridized carbons (Fsp3) is 0.318. The minimum absolute atomic E-state index is 0.101. The second-order valence-corrected chi connectivity index (χ2v) is 8.34. The van der Waals surface area contributed by atoms with E-state index < -0.39 is 0 Å². The van der Waals surface area contributed by atoms with Crippen molar-refractivity contribution in [3.05, 3.63) is 69.7 Å². The number of nitrogens with zero attached hydrogens (tertiary/aromatic N) is 5. The van der Waals surface area contributed by atoms with Crippen molar-refractivity contribution in [3.8, 4) is 5.69 Å². The molecule has 1 saturated heterocycles. The molecule has 32 heavy (non-hydrogen) atoms. The number of hydrogen-bond donors (Lipinski definition) is 2. The number of aliphatic hydroxyl groups excluding tert-OH is 1. The van der Waals surface area contributed by atoms with Crippen molar-refractivity contribution in [1.29, 1.82) is 0 Å². The molecule has 0 bridgehead atoms. The van der Waals surface area contributed by atoms with Crippen LogP contribution in [0.4, 0.5) is 10.5 Å². The van der Waals surface area contributed by atoms with Gasteiger partial charge in [0.15, 0.2) is 0 Å². The summed E-state index contributed by atoms with van der Waals surface area (Å²) in [6.07, 6.45) is 1.64. The third-order valence-electron chi connectivity index (χ3n) is 5.48. The first-order valence-electron chi connectivity index (χ1n) is 10.3. The number of nitrogens with one attached hydrogen (secondary N) is 1. The van der Waals surface area contributed by atoms with Gasteiger partial charge in [-0.05, 0) is 36.8 Å². The molecular weight excluding hydrogens is 451 g/mol. The van der Waals surface area contributed by atoms with E-state index >= 15 is 0 Å². The number of halogens is 2. The number of urea groups is 1. The minimum atomic E-state index is -0.131. The summed E-state index contributed by atoms with van der Waals surface area (Å²) in [6.45, 7) is 4.61. The van der Waals surface area contributed by atoms with Gasteiger partial charge in [0.05, 0.1) is 22.3 Å². The van der Waals surface area contributed by atoms with Gasteiger partial charge in [-0.1, -0.05) is 35.3 Å². The highest BCUT2D eigenvalue weighted by Gasteiger charge is 2.22. The van der Waals surface area contributed by atoms with Crippen LogP contribution in [0.1, 0.15) is 17.0 Å². The summed E-state index contributed by atoms with van der Waals surface area (Å²) in [5, 5.41) is 18.0. The average Bonchev–Trinajstić information content (AvgIpc) is 3.25. The van der Waals surface area contributed by atoms with Crippen LogP contribution in [-0.4, -0.2) is 57.0 Å². The predicted molar refractivity (Wildman–Crippen MR) is 125 cm³/mol. The number of amides is 2. The van der Waals surface area contributed by atoms with E-state index in [2.05, 4.69) is 20.3 Å². The van der Waals surface area contributed by atoms with Crippen LogP contribution in [-0.2, 0) is 13.2 Å². The van der Waals surface area contributed by atoms with Crippen molar-refractivity contribution in [2.45, 2.75) is 20.1 Å². The smallest absolute Gasteiger partial charge is 0.317 e. The summed E-state index contributed by atoms with van der Waals surface area (Å²) >= 11 is 12.2. The Balaban J connectivity index is 1.36. The van der Waals surface area contributed by atoms with E-state index in [0.717, 1.165) is 22.5 Å². The molecule has 3 aromatic rings. The number of aliphatic hydroxyl groups is 1. The predicted octanol–water partition coefficient (Wildman–Crippen LogP) is 3.41. The van der Waals surface area contributed by atoms with Gasteiger partial charge >= 0.3 is 6.03 Å². The quantitative estimate of drug-likeness (QED) is 0.591. The van der Waals surface area contributed by atoms with Gasteiger partial charge in [0.1, 0.15) is 12.2 Å². The zero-order valence-electron chi connectivity index (χ0n) is 17.6. The molecule has 4 rings (SSSR count). The van der Waals surface area contributed by atoms with E-state index in [4.69, 9.17) is 23.2 Å². The lowest BCUT2D eigenvalue weighted by Gasteiger charge is -2.36. The van der Waals surface area contributed by atoms with Crippen LogP contribution in [0.2, 0.25) is 10.0 Å². The summed E-state index contributed by atoms with van der Waals surface area (Å²) in [6, 6.07) is 11.1. The van der Waals surface area contributed by atoms with Crippen molar-refractivity contribution in [3.63, 3.8) is 0 Å². The first kappa shape index (κ1) is 22.4. The van der Waals surface area contributed by atoms with Gasteiger partial charge in [0, 0.05) is 44.0 Å². The summed E-state index contributed by atoms with van der Waals surface area (Å²) in [5.41, 5.74) is 3.35. The van der Waals surface area contributed by atoms with E-state index in [-0.39, 0.29) is 12.6 Å². The van der Waals surface area contributed by atoms with Crippen LogP contribution in [0.15, 0.2) is 42.7 Å². The molecule has 168 valence electrons. The molecule has 1 aromatic heterocycles. The fourth-order valence-electron chi connectivity index (χ4n) is 3.72. The van der Waals surface area contributed by atoms with E-state index in [1.807, 2.05) is 37.3 Å². The molecule has 2 heterocycles. The van der Waals surface area contributed by atoms with Gasteiger partial charge in [-0.25, -0.2) is 14.5 Å². The molecule has 1 aliphatic rings. The van der Waals surface area contributed by atoms with E-state index in [1.54, 1.807) is 22.0 Å². The molecule has 1 fully saturated rings. The molecule has 0 unspecified atom stereocenters. The van der Waals surface area contributed by atoms with Gasteiger partial charge in [-0.2, -0.15) is 5.10 Å². The summed E-state index contributed by atoms with van der Waals surface area (Å²) in [5.74, 6) is 0.671. The molecule has 2 amide bonds. The van der Waals surface area contributed by atoms with Gasteiger partial charge < -0.3 is 20.2 Å². The third kappa shape index (κ3) is 4.82. The zero-order chi connectivity index (χ0) is 22.7. The number of carbonyl (C=O) groups is 1. The molecule has 0 aliphatic carbocycles. The Hall–Kier alpha value is -2.81. The highest BCUT2D eigenvalue weighted by molar-refractivity contribution is 6.42. The Morgan fingerprint density at radius 3 is 2.59 bits per heavy atom. The van der Waals surface area contributed by atoms with Gasteiger partial charge in [0.25, 0.3) is 0 Å². The van der Waals surface area contributed by atoms with Crippen molar-refractivity contribution in [1.82, 2.24) is 25.0 Å². The maximum Gasteiger partial charge on any atom is 0.317 e. The van der Waals surface area contributed by atoms with Crippen molar-refractivity contribution in [2.24, 2.45) is 0 Å². The van der Waals surface area contributed by atoms with Gasteiger partial charge in [-0.3, -0.25) is 0 Å².